The zero-order valence-electron chi connectivity index (χ0n) is 4.54. The molecule has 0 aliphatic heterocycles. The minimum Gasteiger partial charge on any atom is -0.290 e. The molecule has 0 spiro atoms. The van der Waals surface area contributed by atoms with Gasteiger partial charge >= 0.3 is 12.0 Å². The minimum atomic E-state index is -5.04. The van der Waals surface area contributed by atoms with Gasteiger partial charge < -0.3 is 0 Å². The van der Waals surface area contributed by atoms with Gasteiger partial charge in [0.2, 0.25) is 5.78 Å². The van der Waals surface area contributed by atoms with Crippen molar-refractivity contribution in [1.82, 2.24) is 0 Å². The lowest BCUT2D eigenvalue weighted by Crippen LogP contribution is -2.31. The van der Waals surface area contributed by atoms with Crippen molar-refractivity contribution in [1.29, 1.82) is 0 Å². The highest BCUT2D eigenvalue weighted by molar-refractivity contribution is 9.09. The maximum Gasteiger partial charge on any atom is 0.458 e. The molecule has 0 aliphatic rings. The molecule has 0 bridgehead atoms. The van der Waals surface area contributed by atoms with E-state index >= 15 is 0 Å². The molecule has 6 heteroatoms. The third-order valence-corrected chi connectivity index (χ3v) is 1.14. The van der Waals surface area contributed by atoms with Crippen LogP contribution in [-0.2, 0) is 9.59 Å². The topological polar surface area (TPSA) is 34.1 Å². The highest BCUT2D eigenvalue weighted by Gasteiger charge is 2.42. The molecule has 0 radical (unpaired) electrons. The van der Waals surface area contributed by atoms with Gasteiger partial charge in [-0.3, -0.25) is 9.59 Å². The van der Waals surface area contributed by atoms with Crippen molar-refractivity contribution in [2.45, 2.75) is 6.18 Å². The van der Waals surface area contributed by atoms with Crippen LogP contribution in [0, 0.1) is 0 Å². The Morgan fingerprint density at radius 3 is 1.80 bits per heavy atom. The van der Waals surface area contributed by atoms with Gasteiger partial charge in [0.25, 0.3) is 0 Å². The first-order valence-corrected chi connectivity index (χ1v) is 3.22. The highest BCUT2D eigenvalue weighted by Crippen LogP contribution is 2.16. The summed E-state index contributed by atoms with van der Waals surface area (Å²) >= 11 is 2.44. The summed E-state index contributed by atoms with van der Waals surface area (Å²) in [5.74, 6) is -3.79. The molecule has 0 aromatic rings. The predicted octanol–water partition coefficient (Wildman–Crippen LogP) is 1.08. The van der Waals surface area contributed by atoms with Gasteiger partial charge in [0, 0.05) is 0 Å². The van der Waals surface area contributed by atoms with Gasteiger partial charge in [-0.05, 0) is 0 Å². The molecule has 0 atom stereocenters. The molecule has 0 saturated carbocycles. The van der Waals surface area contributed by atoms with Crippen LogP contribution in [0.3, 0.4) is 0 Å². The molecule has 10 heavy (non-hydrogen) atoms. The molecule has 0 aliphatic carbocycles. The second kappa shape index (κ2) is 3.14. The van der Waals surface area contributed by atoms with Crippen molar-refractivity contribution in [3.05, 3.63) is 0 Å². The Bertz CT molecular complexity index is 162. The molecule has 0 N–H and O–H groups in total. The van der Waals surface area contributed by atoms with E-state index in [0.717, 1.165) is 0 Å². The first kappa shape index (κ1) is 9.61. The Morgan fingerprint density at radius 1 is 1.30 bits per heavy atom. The van der Waals surface area contributed by atoms with Crippen molar-refractivity contribution in [3.63, 3.8) is 0 Å². The molecule has 2 nitrogen and oxygen atoms in total. The normalized spacial score (nSPS) is 11.2. The van der Waals surface area contributed by atoms with Crippen molar-refractivity contribution in [3.8, 4) is 0 Å². The molecule has 0 amide bonds. The van der Waals surface area contributed by atoms with Gasteiger partial charge in [-0.15, -0.1) is 0 Å². The summed E-state index contributed by atoms with van der Waals surface area (Å²) in [6.45, 7) is 0. The summed E-state index contributed by atoms with van der Waals surface area (Å²) in [7, 11) is 0. The van der Waals surface area contributed by atoms with Crippen molar-refractivity contribution >= 4 is 27.5 Å². The van der Waals surface area contributed by atoms with E-state index in [1.807, 2.05) is 0 Å². The second-order valence-electron chi connectivity index (χ2n) is 1.38. The van der Waals surface area contributed by atoms with Gasteiger partial charge in [-0.1, -0.05) is 15.9 Å². The zero-order valence-corrected chi connectivity index (χ0v) is 6.12. The summed E-state index contributed by atoms with van der Waals surface area (Å²) in [6.07, 6.45) is -5.04. The van der Waals surface area contributed by atoms with Crippen LogP contribution in [0.5, 0.6) is 0 Å². The highest BCUT2D eigenvalue weighted by atomic mass is 79.9. The maximum absolute atomic E-state index is 11.3. The van der Waals surface area contributed by atoms with Crippen LogP contribution in [0.15, 0.2) is 0 Å². The van der Waals surface area contributed by atoms with Gasteiger partial charge in [-0.2, -0.15) is 13.2 Å². The number of Topliss-reactive ketones (excluding diaryl/α,β-unsaturated/α-hetero) is 2. The monoisotopic (exact) mass is 218 g/mol. The Balaban J connectivity index is 4.24. The quantitative estimate of drug-likeness (QED) is 0.514. The third-order valence-electron chi connectivity index (χ3n) is 0.632. The van der Waals surface area contributed by atoms with Crippen LogP contribution in [0.1, 0.15) is 0 Å². The number of carbonyl (C=O) groups is 2. The first-order valence-electron chi connectivity index (χ1n) is 2.10. The lowest BCUT2D eigenvalue weighted by Gasteiger charge is -2.00. The molecule has 58 valence electrons. The molecular weight excluding hydrogens is 217 g/mol. The number of hydrogen-bond acceptors (Lipinski definition) is 2. The molecule has 0 aromatic carbocycles. The van der Waals surface area contributed by atoms with E-state index < -0.39 is 23.1 Å². The average molecular weight is 219 g/mol. The lowest BCUT2D eigenvalue weighted by atomic mass is 10.3. The number of rotatable bonds is 2. The van der Waals surface area contributed by atoms with E-state index in [2.05, 4.69) is 15.9 Å². The van der Waals surface area contributed by atoms with Crippen molar-refractivity contribution < 1.29 is 22.8 Å². The van der Waals surface area contributed by atoms with E-state index in [4.69, 9.17) is 0 Å². The average Bonchev–Trinajstić information content (AvgIpc) is 1.83. The number of ketones is 2. The van der Waals surface area contributed by atoms with Crippen LogP contribution in [0.25, 0.3) is 0 Å². The Kier molecular flexibility index (Phi) is 3.01. The van der Waals surface area contributed by atoms with Crippen LogP contribution in [0.2, 0.25) is 0 Å². The van der Waals surface area contributed by atoms with Gasteiger partial charge in [-0.25, -0.2) is 0 Å². The number of hydrogen-bond donors (Lipinski definition) is 0. The van der Waals surface area contributed by atoms with Crippen LogP contribution >= 0.6 is 15.9 Å². The largest absolute Gasteiger partial charge is 0.458 e. The fourth-order valence-electron chi connectivity index (χ4n) is 0.219. The number of alkyl halides is 4. The smallest absolute Gasteiger partial charge is 0.290 e. The molecule has 0 unspecified atom stereocenters. The first-order chi connectivity index (χ1) is 4.39. The number of carbonyl (C=O) groups excluding carboxylic acids is 2. The van der Waals surface area contributed by atoms with Crippen LogP contribution in [-0.4, -0.2) is 23.1 Å². The van der Waals surface area contributed by atoms with Crippen molar-refractivity contribution in [2.24, 2.45) is 0 Å². The molecule has 0 saturated heterocycles. The summed E-state index contributed by atoms with van der Waals surface area (Å²) < 4.78 is 33.9. The number of halogens is 4. The summed E-state index contributed by atoms with van der Waals surface area (Å²) in [5.41, 5.74) is 0. The van der Waals surface area contributed by atoms with Gasteiger partial charge in [0.1, 0.15) is 0 Å². The lowest BCUT2D eigenvalue weighted by molar-refractivity contribution is -0.173. The molecule has 0 heterocycles. The summed E-state index contributed by atoms with van der Waals surface area (Å²) in [6, 6.07) is 0. The molecular formula is C4H2BrF3O2. The van der Waals surface area contributed by atoms with Gasteiger partial charge in [0.15, 0.2) is 0 Å². The standard InChI is InChI=1S/C4H2BrF3O2/c5-1-2(9)3(10)4(6,7)8/h1H2. The summed E-state index contributed by atoms with van der Waals surface area (Å²) in [4.78, 5) is 19.9. The van der Waals surface area contributed by atoms with E-state index in [-0.39, 0.29) is 0 Å². The molecule has 0 fully saturated rings. The minimum absolute atomic E-state index is 0.592. The fraction of sp³-hybridized carbons (Fsp3) is 0.500. The maximum atomic E-state index is 11.3. The van der Waals surface area contributed by atoms with E-state index in [9.17, 15) is 22.8 Å². The molecule has 0 aromatic heterocycles. The predicted molar refractivity (Wildman–Crippen MR) is 29.9 cm³/mol. The Labute approximate surface area is 62.5 Å². The van der Waals surface area contributed by atoms with Crippen molar-refractivity contribution in [2.75, 3.05) is 5.33 Å². The second-order valence-corrected chi connectivity index (χ2v) is 1.94. The van der Waals surface area contributed by atoms with Crippen LogP contribution < -0.4 is 0 Å². The van der Waals surface area contributed by atoms with Crippen LogP contribution in [0.4, 0.5) is 13.2 Å². The van der Waals surface area contributed by atoms with E-state index in [0.29, 0.717) is 0 Å². The summed E-state index contributed by atoms with van der Waals surface area (Å²) in [5, 5.41) is -0.592. The van der Waals surface area contributed by atoms with Gasteiger partial charge in [0.05, 0.1) is 5.33 Å². The SMILES string of the molecule is O=C(CBr)C(=O)C(F)(F)F. The zero-order chi connectivity index (χ0) is 8.36. The molecule has 0 rings (SSSR count). The Hall–Kier alpha value is -0.390. The fourth-order valence-corrected chi connectivity index (χ4v) is 0.473. The van der Waals surface area contributed by atoms with E-state index in [1.165, 1.54) is 0 Å². The third kappa shape index (κ3) is 2.47. The Morgan fingerprint density at radius 2 is 1.70 bits per heavy atom. The van der Waals surface area contributed by atoms with E-state index in [1.54, 1.807) is 0 Å².